The summed E-state index contributed by atoms with van der Waals surface area (Å²) in [6.07, 6.45) is 2.74. The quantitative estimate of drug-likeness (QED) is 0.567. The minimum atomic E-state index is -2.63. The van der Waals surface area contributed by atoms with Crippen molar-refractivity contribution in [1.82, 2.24) is 29.5 Å². The van der Waals surface area contributed by atoms with Crippen LogP contribution in [0.2, 0.25) is 0 Å². The first-order chi connectivity index (χ1) is 14.2. The summed E-state index contributed by atoms with van der Waals surface area (Å²) in [5.41, 5.74) is 1.52. The van der Waals surface area contributed by atoms with Gasteiger partial charge in [0.1, 0.15) is 5.82 Å². The van der Waals surface area contributed by atoms with Crippen LogP contribution in [0.15, 0.2) is 41.5 Å². The fraction of sp³-hybridized carbons (Fsp3) is 0.167. The number of aromatic nitrogens is 5. The summed E-state index contributed by atoms with van der Waals surface area (Å²) in [7, 11) is 1.61. The number of amides is 1. The van der Waals surface area contributed by atoms with Gasteiger partial charge in [0.2, 0.25) is 0 Å². The van der Waals surface area contributed by atoms with E-state index in [4.69, 9.17) is 4.11 Å². The van der Waals surface area contributed by atoms with Crippen LogP contribution in [-0.4, -0.2) is 37.0 Å². The van der Waals surface area contributed by atoms with Crippen LogP contribution >= 0.6 is 0 Å². The summed E-state index contributed by atoms with van der Waals surface area (Å²) in [6.45, 7) is -0.933. The van der Waals surface area contributed by atoms with Crippen LogP contribution in [0.5, 0.6) is 0 Å². The Morgan fingerprint density at radius 3 is 2.93 bits per heavy atom. The SMILES string of the molecule is [2H]C([2H])([2H])NC(=O)c1cnccc1Nc1cccc2c1n(C)c(=O)n1nc(C)nc21. The second-order valence-corrected chi connectivity index (χ2v) is 5.94. The first-order valence-electron chi connectivity index (χ1n) is 9.54. The predicted molar refractivity (Wildman–Crippen MR) is 101 cm³/mol. The van der Waals surface area contributed by atoms with E-state index in [9.17, 15) is 9.59 Å². The van der Waals surface area contributed by atoms with Gasteiger partial charge in [0.05, 0.1) is 22.5 Å². The summed E-state index contributed by atoms with van der Waals surface area (Å²) in [5.74, 6) is -0.328. The lowest BCUT2D eigenvalue weighted by Crippen LogP contribution is -2.26. The van der Waals surface area contributed by atoms with Crippen molar-refractivity contribution in [1.29, 1.82) is 0 Å². The third-order valence-corrected chi connectivity index (χ3v) is 4.24. The van der Waals surface area contributed by atoms with E-state index in [-0.39, 0.29) is 11.3 Å². The molecule has 0 bridgehead atoms. The maximum Gasteiger partial charge on any atom is 0.351 e. The van der Waals surface area contributed by atoms with Gasteiger partial charge in [-0.2, -0.15) is 4.52 Å². The second-order valence-electron chi connectivity index (χ2n) is 5.94. The average Bonchev–Trinajstić information content (AvgIpc) is 3.07. The minimum absolute atomic E-state index is 0.0510. The summed E-state index contributed by atoms with van der Waals surface area (Å²) in [6, 6.07) is 6.89. The molecule has 136 valence electrons. The third-order valence-electron chi connectivity index (χ3n) is 4.24. The molecule has 0 aliphatic rings. The lowest BCUT2D eigenvalue weighted by atomic mass is 10.1. The number of benzene rings is 1. The summed E-state index contributed by atoms with van der Waals surface area (Å²) < 4.78 is 24.4. The number of aryl methyl sites for hydroxylation is 2. The van der Waals surface area contributed by atoms with Crippen LogP contribution in [0, 0.1) is 6.92 Å². The van der Waals surface area contributed by atoms with Crippen LogP contribution in [0.3, 0.4) is 0 Å². The highest BCUT2D eigenvalue weighted by Crippen LogP contribution is 2.28. The Morgan fingerprint density at radius 1 is 1.26 bits per heavy atom. The molecule has 3 aromatic heterocycles. The average molecular weight is 366 g/mol. The molecule has 0 spiro atoms. The molecule has 0 aliphatic heterocycles. The molecule has 2 N–H and O–H groups in total. The third kappa shape index (κ3) is 2.60. The predicted octanol–water partition coefficient (Wildman–Crippen LogP) is 1.39. The van der Waals surface area contributed by atoms with Gasteiger partial charge in [0, 0.05) is 35.9 Å². The van der Waals surface area contributed by atoms with Gasteiger partial charge < -0.3 is 10.6 Å². The number of hydrogen-bond donors (Lipinski definition) is 2. The van der Waals surface area contributed by atoms with E-state index < -0.39 is 12.9 Å². The van der Waals surface area contributed by atoms with Crippen LogP contribution < -0.4 is 16.3 Å². The Morgan fingerprint density at radius 2 is 2.11 bits per heavy atom. The van der Waals surface area contributed by atoms with Gasteiger partial charge in [-0.1, -0.05) is 6.07 Å². The highest BCUT2D eigenvalue weighted by molar-refractivity contribution is 6.03. The standard InChI is InChI=1S/C18H17N7O2/c1-10-21-16-11-5-4-6-14(15(11)24(3)18(27)25(16)23-10)22-13-7-8-20-9-12(13)17(26)19-2/h4-9H,1-3H3,(H,19,26)(H,20,22)/i2D3. The van der Waals surface area contributed by atoms with E-state index in [1.54, 1.807) is 32.2 Å². The summed E-state index contributed by atoms with van der Waals surface area (Å²) >= 11 is 0. The Kier molecular flexibility index (Phi) is 3.09. The normalized spacial score (nSPS) is 13.2. The molecule has 4 aromatic rings. The molecule has 0 saturated carbocycles. The monoisotopic (exact) mass is 366 g/mol. The smallest absolute Gasteiger partial charge is 0.351 e. The number of nitrogens with one attached hydrogen (secondary N) is 2. The zero-order valence-corrected chi connectivity index (χ0v) is 14.5. The fourth-order valence-corrected chi connectivity index (χ4v) is 3.04. The van der Waals surface area contributed by atoms with Crippen molar-refractivity contribution >= 4 is 33.8 Å². The summed E-state index contributed by atoms with van der Waals surface area (Å²) in [5, 5.41) is 9.90. The van der Waals surface area contributed by atoms with Crippen molar-refractivity contribution in [2.75, 3.05) is 12.3 Å². The minimum Gasteiger partial charge on any atom is -0.355 e. The van der Waals surface area contributed by atoms with Crippen LogP contribution in [-0.2, 0) is 7.05 Å². The van der Waals surface area contributed by atoms with E-state index in [1.165, 1.54) is 21.5 Å². The number of carbonyl (C=O) groups is 1. The molecule has 0 fully saturated rings. The van der Waals surface area contributed by atoms with Gasteiger partial charge in [-0.25, -0.2) is 9.78 Å². The Bertz CT molecular complexity index is 1360. The number of rotatable bonds is 3. The second kappa shape index (κ2) is 6.20. The number of para-hydroxylation sites is 1. The highest BCUT2D eigenvalue weighted by atomic mass is 16.2. The Hall–Kier alpha value is -3.75. The van der Waals surface area contributed by atoms with E-state index in [2.05, 4.69) is 20.4 Å². The molecule has 0 saturated heterocycles. The van der Waals surface area contributed by atoms with Gasteiger partial charge in [-0.15, -0.1) is 5.10 Å². The number of nitrogens with zero attached hydrogens (tertiary/aromatic N) is 5. The molecule has 0 radical (unpaired) electrons. The van der Waals surface area contributed by atoms with Gasteiger partial charge in [-0.3, -0.25) is 14.3 Å². The Balaban J connectivity index is 1.87. The van der Waals surface area contributed by atoms with Crippen LogP contribution in [0.25, 0.3) is 16.6 Å². The topological polar surface area (TPSA) is 106 Å². The van der Waals surface area contributed by atoms with Crippen LogP contribution in [0.4, 0.5) is 11.4 Å². The van der Waals surface area contributed by atoms with E-state index in [1.807, 2.05) is 11.4 Å². The van der Waals surface area contributed by atoms with Gasteiger partial charge >= 0.3 is 5.69 Å². The lowest BCUT2D eigenvalue weighted by Gasteiger charge is -2.15. The van der Waals surface area contributed by atoms with Crippen molar-refractivity contribution in [2.24, 2.45) is 7.05 Å². The fourth-order valence-electron chi connectivity index (χ4n) is 3.04. The number of fused-ring (bicyclic) bond motifs is 3. The van der Waals surface area contributed by atoms with Crippen LogP contribution in [0.1, 0.15) is 20.3 Å². The highest BCUT2D eigenvalue weighted by Gasteiger charge is 2.16. The molecule has 9 nitrogen and oxygen atoms in total. The molecule has 4 rings (SSSR count). The largest absolute Gasteiger partial charge is 0.355 e. The van der Waals surface area contributed by atoms with Crippen molar-refractivity contribution in [3.63, 3.8) is 0 Å². The lowest BCUT2D eigenvalue weighted by molar-refractivity contribution is 0.0963. The maximum atomic E-state index is 12.8. The van der Waals surface area contributed by atoms with E-state index >= 15 is 0 Å². The molecule has 1 aromatic carbocycles. The van der Waals surface area contributed by atoms with Crippen molar-refractivity contribution < 1.29 is 8.91 Å². The molecule has 9 heteroatoms. The zero-order chi connectivity index (χ0) is 21.6. The van der Waals surface area contributed by atoms with E-state index in [0.717, 1.165) is 0 Å². The van der Waals surface area contributed by atoms with Gasteiger partial charge in [0.15, 0.2) is 5.65 Å². The molecular weight excluding hydrogens is 346 g/mol. The molecule has 0 unspecified atom stereocenters. The number of hydrogen-bond acceptors (Lipinski definition) is 6. The van der Waals surface area contributed by atoms with Gasteiger partial charge in [-0.05, 0) is 25.1 Å². The Labute approximate surface area is 157 Å². The molecule has 3 heterocycles. The first-order valence-corrected chi connectivity index (χ1v) is 8.04. The number of pyridine rings is 1. The molecule has 0 aliphatic carbocycles. The van der Waals surface area contributed by atoms with E-state index in [0.29, 0.717) is 33.7 Å². The van der Waals surface area contributed by atoms with Gasteiger partial charge in [0.25, 0.3) is 5.91 Å². The molecule has 0 atom stereocenters. The number of anilines is 2. The first kappa shape index (κ1) is 13.5. The molecular formula is C18H17N7O2. The zero-order valence-electron chi connectivity index (χ0n) is 17.5. The maximum absolute atomic E-state index is 12.8. The number of carbonyl (C=O) groups excluding carboxylic acids is 1. The van der Waals surface area contributed by atoms with Crippen molar-refractivity contribution in [3.05, 3.63) is 58.5 Å². The molecule has 1 amide bonds. The molecule has 27 heavy (non-hydrogen) atoms. The summed E-state index contributed by atoms with van der Waals surface area (Å²) in [4.78, 5) is 33.4. The van der Waals surface area contributed by atoms with Crippen molar-refractivity contribution in [3.8, 4) is 0 Å². The van der Waals surface area contributed by atoms with Crippen molar-refractivity contribution in [2.45, 2.75) is 6.92 Å².